The third kappa shape index (κ3) is 5.73. The number of hydrogen-bond donors (Lipinski definition) is 1. The molecule has 1 amide bonds. The number of allylic oxidation sites excluding steroid dienone is 3. The Morgan fingerprint density at radius 1 is 1.29 bits per heavy atom. The summed E-state index contributed by atoms with van der Waals surface area (Å²) in [4.78, 5) is 28.6. The molecule has 1 heterocycles. The van der Waals surface area contributed by atoms with Crippen LogP contribution >= 0.6 is 27.3 Å². The lowest BCUT2D eigenvalue weighted by atomic mass is 10.1. The zero-order chi connectivity index (χ0) is 23.3. The Balaban J connectivity index is 2.54. The van der Waals surface area contributed by atoms with E-state index in [0.29, 0.717) is 17.4 Å². The highest BCUT2D eigenvalue weighted by Gasteiger charge is 2.31. The number of carbonyl (C=O) groups excluding carboxylic acids is 2. The van der Waals surface area contributed by atoms with E-state index in [2.05, 4.69) is 32.8 Å². The number of halogens is 6. The van der Waals surface area contributed by atoms with Crippen LogP contribution in [0.5, 0.6) is 0 Å². The Morgan fingerprint density at radius 2 is 1.97 bits per heavy atom. The molecule has 1 N–H and O–H groups in total. The third-order valence-corrected chi connectivity index (χ3v) is 5.35. The van der Waals surface area contributed by atoms with E-state index in [0.717, 1.165) is 18.2 Å². The van der Waals surface area contributed by atoms with Gasteiger partial charge in [0.25, 0.3) is 5.91 Å². The molecule has 1 aromatic heterocycles. The predicted octanol–water partition coefficient (Wildman–Crippen LogP) is 6.63. The summed E-state index contributed by atoms with van der Waals surface area (Å²) < 4.78 is 67.0. The average molecular weight is 521 g/mol. The molecule has 0 bridgehead atoms. The van der Waals surface area contributed by atoms with E-state index >= 15 is 0 Å². The van der Waals surface area contributed by atoms with E-state index in [1.54, 1.807) is 0 Å². The molecule has 4 nitrogen and oxygen atoms in total. The summed E-state index contributed by atoms with van der Waals surface area (Å²) in [6.45, 7) is 4.40. The SMILES string of the molecule is C=C/C(F)=C(C(=O)Nc1nc(C(=O)CBr)c(-c2cccc(C(F)(F)F)c2)s1)\C(F)=C/C. The number of aromatic nitrogens is 1. The van der Waals surface area contributed by atoms with Gasteiger partial charge < -0.3 is 0 Å². The maximum absolute atomic E-state index is 13.9. The number of nitrogens with one attached hydrogen (secondary N) is 1. The topological polar surface area (TPSA) is 59.1 Å². The van der Waals surface area contributed by atoms with Crippen LogP contribution in [0.2, 0.25) is 0 Å². The van der Waals surface area contributed by atoms with Crippen LogP contribution < -0.4 is 5.32 Å². The van der Waals surface area contributed by atoms with Gasteiger partial charge in [-0.1, -0.05) is 52.1 Å². The van der Waals surface area contributed by atoms with Crippen molar-refractivity contribution in [1.29, 1.82) is 0 Å². The van der Waals surface area contributed by atoms with Crippen LogP contribution in [0.15, 0.2) is 60.2 Å². The molecular weight excluding hydrogens is 507 g/mol. The number of rotatable bonds is 7. The lowest BCUT2D eigenvalue weighted by Gasteiger charge is -2.08. The summed E-state index contributed by atoms with van der Waals surface area (Å²) in [5, 5.41) is 1.78. The fourth-order valence-corrected chi connectivity index (χ4v) is 3.64. The van der Waals surface area contributed by atoms with E-state index in [4.69, 9.17) is 0 Å². The van der Waals surface area contributed by atoms with E-state index in [9.17, 15) is 31.5 Å². The van der Waals surface area contributed by atoms with Gasteiger partial charge in [-0.3, -0.25) is 14.9 Å². The van der Waals surface area contributed by atoms with Crippen molar-refractivity contribution in [2.24, 2.45) is 0 Å². The number of nitrogens with zero attached hydrogens (tertiary/aromatic N) is 1. The van der Waals surface area contributed by atoms with Crippen LogP contribution in [0, 0.1) is 0 Å². The minimum atomic E-state index is -4.61. The molecule has 0 fully saturated rings. The average Bonchev–Trinajstić information content (AvgIpc) is 3.16. The van der Waals surface area contributed by atoms with Gasteiger partial charge in [0.15, 0.2) is 10.9 Å². The van der Waals surface area contributed by atoms with Crippen molar-refractivity contribution in [3.05, 3.63) is 71.5 Å². The number of ketones is 1. The normalized spacial score (nSPS) is 12.9. The highest BCUT2D eigenvalue weighted by molar-refractivity contribution is 9.09. The quantitative estimate of drug-likeness (QED) is 0.146. The van der Waals surface area contributed by atoms with Crippen LogP contribution in [0.25, 0.3) is 10.4 Å². The number of hydrogen-bond acceptors (Lipinski definition) is 4. The molecule has 0 saturated heterocycles. The molecule has 0 spiro atoms. The van der Waals surface area contributed by atoms with Gasteiger partial charge in [-0.05, 0) is 30.7 Å². The molecule has 11 heteroatoms. The van der Waals surface area contributed by atoms with Crippen molar-refractivity contribution in [2.75, 3.05) is 10.6 Å². The van der Waals surface area contributed by atoms with E-state index in [1.807, 2.05) is 0 Å². The zero-order valence-corrected chi connectivity index (χ0v) is 18.2. The molecule has 2 rings (SSSR count). The lowest BCUT2D eigenvalue weighted by molar-refractivity contribution is -0.137. The third-order valence-electron chi connectivity index (χ3n) is 3.82. The summed E-state index contributed by atoms with van der Waals surface area (Å²) in [6, 6.07) is 4.22. The van der Waals surface area contributed by atoms with Crippen molar-refractivity contribution in [2.45, 2.75) is 13.1 Å². The van der Waals surface area contributed by atoms with Crippen LogP contribution in [0.4, 0.5) is 27.1 Å². The molecule has 0 aliphatic heterocycles. The highest BCUT2D eigenvalue weighted by atomic mass is 79.9. The van der Waals surface area contributed by atoms with Crippen molar-refractivity contribution in [3.63, 3.8) is 0 Å². The van der Waals surface area contributed by atoms with Crippen LogP contribution in [0.3, 0.4) is 0 Å². The second kappa shape index (κ2) is 10.1. The van der Waals surface area contributed by atoms with Crippen LogP contribution in [0.1, 0.15) is 23.0 Å². The summed E-state index contributed by atoms with van der Waals surface area (Å²) in [5.41, 5.74) is -2.01. The van der Waals surface area contributed by atoms with Crippen LogP contribution in [-0.2, 0) is 11.0 Å². The largest absolute Gasteiger partial charge is 0.416 e. The van der Waals surface area contributed by atoms with Gasteiger partial charge in [-0.25, -0.2) is 13.8 Å². The minimum Gasteiger partial charge on any atom is -0.298 e. The van der Waals surface area contributed by atoms with Gasteiger partial charge in [0.2, 0.25) is 0 Å². The maximum atomic E-state index is 13.9. The Morgan fingerprint density at radius 3 is 2.52 bits per heavy atom. The Kier molecular flexibility index (Phi) is 8.02. The summed E-state index contributed by atoms with van der Waals surface area (Å²) in [7, 11) is 0. The molecular formula is C20H14BrF5N2O2S. The smallest absolute Gasteiger partial charge is 0.298 e. The van der Waals surface area contributed by atoms with Gasteiger partial charge in [0.1, 0.15) is 22.9 Å². The summed E-state index contributed by atoms with van der Waals surface area (Å²) in [5.74, 6) is -4.13. The highest BCUT2D eigenvalue weighted by Crippen LogP contribution is 2.37. The van der Waals surface area contributed by atoms with Gasteiger partial charge >= 0.3 is 6.18 Å². The molecule has 0 atom stereocenters. The number of thiazole rings is 1. The van der Waals surface area contributed by atoms with Gasteiger partial charge in [-0.15, -0.1) is 0 Å². The number of benzene rings is 1. The van der Waals surface area contributed by atoms with E-state index < -0.39 is 40.7 Å². The summed E-state index contributed by atoms with van der Waals surface area (Å²) in [6.07, 6.45) is -3.09. The van der Waals surface area contributed by atoms with Gasteiger partial charge in [0.05, 0.1) is 15.8 Å². The number of carbonyl (C=O) groups is 2. The number of anilines is 1. The monoisotopic (exact) mass is 520 g/mol. The zero-order valence-electron chi connectivity index (χ0n) is 15.8. The van der Waals surface area contributed by atoms with E-state index in [1.165, 1.54) is 19.1 Å². The molecule has 31 heavy (non-hydrogen) atoms. The fraction of sp³-hybridized carbons (Fsp3) is 0.150. The number of Topliss-reactive ketones (excluding diaryl/α,β-unsaturated/α-hetero) is 1. The second-order valence-electron chi connectivity index (χ2n) is 5.85. The minimum absolute atomic E-state index is 0.0461. The van der Waals surface area contributed by atoms with E-state index in [-0.39, 0.29) is 26.6 Å². The second-order valence-corrected chi connectivity index (χ2v) is 7.41. The first kappa shape index (κ1) is 24.6. The Bertz CT molecular complexity index is 1090. The molecule has 0 saturated carbocycles. The maximum Gasteiger partial charge on any atom is 0.416 e. The van der Waals surface area contributed by atoms with Gasteiger partial charge in [0, 0.05) is 0 Å². The molecule has 2 aromatic rings. The standard InChI is InChI=1S/C20H14BrF5N2O2S/c1-3-12(22)15(13(23)4-2)18(30)28-19-27-16(14(29)9-21)17(31-19)10-6-5-7-11(8-10)20(24,25)26/h3-8H,1,9H2,2H3,(H,27,28,30)/b13-4+,15-12-. The predicted molar refractivity (Wildman–Crippen MR) is 113 cm³/mol. The molecule has 0 aliphatic rings. The summed E-state index contributed by atoms with van der Waals surface area (Å²) >= 11 is 3.66. The first-order valence-electron chi connectivity index (χ1n) is 8.46. The first-order valence-corrected chi connectivity index (χ1v) is 10.4. The molecule has 0 unspecified atom stereocenters. The number of alkyl halides is 4. The number of amides is 1. The van der Waals surface area contributed by atoms with Crippen LogP contribution in [-0.4, -0.2) is 22.0 Å². The molecule has 0 radical (unpaired) electrons. The Hall–Kier alpha value is -2.66. The first-order chi connectivity index (χ1) is 14.5. The molecule has 0 aliphatic carbocycles. The van der Waals surface area contributed by atoms with Crippen molar-refractivity contribution < 1.29 is 31.5 Å². The molecule has 164 valence electrons. The van der Waals surface area contributed by atoms with Gasteiger partial charge in [-0.2, -0.15) is 13.2 Å². The molecule has 1 aromatic carbocycles. The van der Waals surface area contributed by atoms with Crippen molar-refractivity contribution in [1.82, 2.24) is 4.98 Å². The van der Waals surface area contributed by atoms with Crippen molar-refractivity contribution in [3.8, 4) is 10.4 Å². The fourth-order valence-electron chi connectivity index (χ4n) is 2.40. The lowest BCUT2D eigenvalue weighted by Crippen LogP contribution is -2.16. The Labute approximate surface area is 186 Å². The van der Waals surface area contributed by atoms with Crippen molar-refractivity contribution >= 4 is 44.1 Å².